The fourth-order valence-electron chi connectivity index (χ4n) is 5.51. The van der Waals surface area contributed by atoms with E-state index in [1.807, 2.05) is 24.3 Å². The summed E-state index contributed by atoms with van der Waals surface area (Å²) in [5, 5.41) is 32.9. The minimum atomic E-state index is -0.509. The number of benzene rings is 2. The first-order valence-corrected chi connectivity index (χ1v) is 16.6. The van der Waals surface area contributed by atoms with Crippen LogP contribution in [0.5, 0.6) is 28.7 Å². The molecule has 0 aliphatic carbocycles. The van der Waals surface area contributed by atoms with Gasteiger partial charge < -0.3 is 20.1 Å². The molecule has 0 amide bonds. The van der Waals surface area contributed by atoms with Crippen molar-refractivity contribution in [2.24, 2.45) is 0 Å². The molecular formula is C42H58O4. The van der Waals surface area contributed by atoms with Gasteiger partial charge in [0.05, 0.1) is 0 Å². The second-order valence-corrected chi connectivity index (χ2v) is 13.7. The van der Waals surface area contributed by atoms with Crippen LogP contribution in [0.2, 0.25) is 0 Å². The van der Waals surface area contributed by atoms with Crippen LogP contribution in [0, 0.1) is 0 Å². The van der Waals surface area contributed by atoms with Crippen LogP contribution in [-0.2, 0) is 10.8 Å². The largest absolute Gasteiger partial charge is 0.504 e. The summed E-state index contributed by atoms with van der Waals surface area (Å²) in [5.41, 5.74) is 5.81. The maximum Gasteiger partial charge on any atom is 0.201 e. The summed E-state index contributed by atoms with van der Waals surface area (Å²) >= 11 is 0. The molecule has 0 radical (unpaired) electrons. The molecule has 0 saturated carbocycles. The van der Waals surface area contributed by atoms with Crippen molar-refractivity contribution in [3.05, 3.63) is 113 Å². The van der Waals surface area contributed by atoms with Crippen molar-refractivity contribution in [1.29, 1.82) is 0 Å². The Balaban J connectivity index is 2.30. The van der Waals surface area contributed by atoms with E-state index >= 15 is 0 Å². The van der Waals surface area contributed by atoms with Crippen molar-refractivity contribution in [2.45, 2.75) is 118 Å². The van der Waals surface area contributed by atoms with Gasteiger partial charge in [0, 0.05) is 16.4 Å². The zero-order chi connectivity index (χ0) is 34.5. The third-order valence-electron chi connectivity index (χ3n) is 8.95. The predicted molar refractivity (Wildman–Crippen MR) is 196 cm³/mol. The number of hydrogen-bond donors (Lipinski definition) is 3. The third kappa shape index (κ3) is 11.2. The monoisotopic (exact) mass is 626 g/mol. The number of allylic oxidation sites excluding steroid dienone is 10. The van der Waals surface area contributed by atoms with Crippen molar-refractivity contribution in [2.75, 3.05) is 0 Å². The van der Waals surface area contributed by atoms with Gasteiger partial charge in [0.2, 0.25) is 5.75 Å². The highest BCUT2D eigenvalue weighted by Gasteiger charge is 2.29. The average molecular weight is 627 g/mol. The molecule has 4 heteroatoms. The standard InChI is InChI=1S/C42H58O4/c1-11-41(9,26-16-22-32(7)20-13-18-30(3)4)34-28-36(43)40(45)38(29-34)46-37-25-15-24-35(39(37)44)42(10,12-2)27-17-23-33(8)21-14-19-31(5)6/h11-12,15,18-19,22-25,28-29,43-45H,1-2,13-14,16-17,20-21,26-27H2,3-10H3/t41-,42+/m0/s1. The van der Waals surface area contributed by atoms with E-state index in [1.54, 1.807) is 18.2 Å². The molecule has 2 aromatic rings. The number of para-hydroxylation sites is 1. The smallest absolute Gasteiger partial charge is 0.201 e. The number of ether oxygens (including phenoxy) is 1. The lowest BCUT2D eigenvalue weighted by Crippen LogP contribution is -2.19. The molecule has 0 spiro atoms. The molecule has 0 saturated heterocycles. The number of rotatable bonds is 18. The molecule has 0 aromatic heterocycles. The van der Waals surface area contributed by atoms with Crippen molar-refractivity contribution >= 4 is 0 Å². The Bertz CT molecular complexity index is 1460. The van der Waals surface area contributed by atoms with Gasteiger partial charge in [-0.3, -0.25) is 0 Å². The second-order valence-electron chi connectivity index (χ2n) is 13.7. The number of aromatic hydroxyl groups is 3. The van der Waals surface area contributed by atoms with Gasteiger partial charge in [0.25, 0.3) is 0 Å². The molecule has 2 rings (SSSR count). The molecule has 2 atom stereocenters. The van der Waals surface area contributed by atoms with Crippen LogP contribution in [0.4, 0.5) is 0 Å². The normalized spacial score (nSPS) is 14.5. The summed E-state index contributed by atoms with van der Waals surface area (Å²) in [6, 6.07) is 8.66. The molecule has 0 heterocycles. The van der Waals surface area contributed by atoms with Crippen LogP contribution in [0.25, 0.3) is 0 Å². The van der Waals surface area contributed by atoms with E-state index in [1.165, 1.54) is 22.3 Å². The summed E-state index contributed by atoms with van der Waals surface area (Å²) in [4.78, 5) is 0. The molecule has 0 bridgehead atoms. The molecule has 0 aliphatic heterocycles. The molecular weight excluding hydrogens is 568 g/mol. The molecule has 2 aromatic carbocycles. The van der Waals surface area contributed by atoms with Gasteiger partial charge in [-0.1, -0.05) is 84.7 Å². The van der Waals surface area contributed by atoms with E-state index in [0.29, 0.717) is 5.56 Å². The number of hydrogen-bond acceptors (Lipinski definition) is 4. The first-order chi connectivity index (χ1) is 21.7. The Morgan fingerprint density at radius 2 is 1.20 bits per heavy atom. The zero-order valence-electron chi connectivity index (χ0n) is 29.7. The minimum Gasteiger partial charge on any atom is -0.504 e. The van der Waals surface area contributed by atoms with Crippen LogP contribution >= 0.6 is 0 Å². The summed E-state index contributed by atoms with van der Waals surface area (Å²) in [5.74, 6) is -0.415. The van der Waals surface area contributed by atoms with E-state index in [4.69, 9.17) is 4.74 Å². The Labute approximate surface area is 279 Å². The lowest BCUT2D eigenvalue weighted by molar-refractivity contribution is 0.356. The predicted octanol–water partition coefficient (Wildman–Crippen LogP) is 12.4. The van der Waals surface area contributed by atoms with E-state index in [2.05, 4.69) is 92.9 Å². The molecule has 0 fully saturated rings. The van der Waals surface area contributed by atoms with E-state index in [-0.39, 0.29) is 28.7 Å². The summed E-state index contributed by atoms with van der Waals surface area (Å²) in [7, 11) is 0. The third-order valence-corrected chi connectivity index (χ3v) is 8.95. The summed E-state index contributed by atoms with van der Waals surface area (Å²) in [6.45, 7) is 25.1. The van der Waals surface area contributed by atoms with Gasteiger partial charge in [-0.2, -0.15) is 0 Å². The quantitative estimate of drug-likeness (QED) is 0.114. The Hall–Kier alpha value is -3.92. The highest BCUT2D eigenvalue weighted by atomic mass is 16.5. The van der Waals surface area contributed by atoms with Crippen molar-refractivity contribution < 1.29 is 20.1 Å². The van der Waals surface area contributed by atoms with Gasteiger partial charge >= 0.3 is 0 Å². The number of phenols is 3. The van der Waals surface area contributed by atoms with E-state index in [9.17, 15) is 15.3 Å². The van der Waals surface area contributed by atoms with Crippen LogP contribution in [0.3, 0.4) is 0 Å². The molecule has 0 aliphatic rings. The fourth-order valence-corrected chi connectivity index (χ4v) is 5.51. The van der Waals surface area contributed by atoms with Gasteiger partial charge in [0.15, 0.2) is 23.0 Å². The Morgan fingerprint density at radius 3 is 1.70 bits per heavy atom. The molecule has 0 unspecified atom stereocenters. The average Bonchev–Trinajstić information content (AvgIpc) is 2.99. The lowest BCUT2D eigenvalue weighted by atomic mass is 9.78. The Kier molecular flexibility index (Phi) is 14.7. The van der Waals surface area contributed by atoms with Crippen molar-refractivity contribution in [3.63, 3.8) is 0 Å². The second kappa shape index (κ2) is 17.7. The van der Waals surface area contributed by atoms with Crippen LogP contribution in [-0.4, -0.2) is 15.3 Å². The highest BCUT2D eigenvalue weighted by Crippen LogP contribution is 2.47. The summed E-state index contributed by atoms with van der Waals surface area (Å²) < 4.78 is 6.13. The first kappa shape index (κ1) is 38.3. The Morgan fingerprint density at radius 1 is 0.674 bits per heavy atom. The topological polar surface area (TPSA) is 69.9 Å². The van der Waals surface area contributed by atoms with Gasteiger partial charge in [0.1, 0.15) is 0 Å². The van der Waals surface area contributed by atoms with Crippen molar-refractivity contribution in [3.8, 4) is 28.7 Å². The number of phenolic OH excluding ortho intramolecular Hbond substituents is 3. The van der Waals surface area contributed by atoms with Gasteiger partial charge in [-0.15, -0.1) is 13.2 Å². The van der Waals surface area contributed by atoms with Crippen LogP contribution in [0.1, 0.15) is 118 Å². The SMILES string of the molecule is C=C[C@@](C)(CCC=C(C)CCC=C(C)C)c1cc(O)c(O)c(Oc2cccc([C@](C)(C=C)CCC=C(C)CCC=C(C)C)c2O)c1. The van der Waals surface area contributed by atoms with E-state index in [0.717, 1.165) is 56.9 Å². The van der Waals surface area contributed by atoms with Crippen molar-refractivity contribution in [1.82, 2.24) is 0 Å². The van der Waals surface area contributed by atoms with E-state index < -0.39 is 10.8 Å². The molecule has 4 nitrogen and oxygen atoms in total. The first-order valence-electron chi connectivity index (χ1n) is 16.6. The van der Waals surface area contributed by atoms with Crippen LogP contribution in [0.15, 0.2) is 102 Å². The molecule has 250 valence electrons. The van der Waals surface area contributed by atoms with Gasteiger partial charge in [-0.25, -0.2) is 0 Å². The summed E-state index contributed by atoms with van der Waals surface area (Å²) in [6.07, 6.45) is 20.1. The maximum absolute atomic E-state index is 11.4. The molecule has 46 heavy (non-hydrogen) atoms. The van der Waals surface area contributed by atoms with Gasteiger partial charge in [-0.05, 0) is 117 Å². The van der Waals surface area contributed by atoms with Crippen LogP contribution < -0.4 is 4.74 Å². The fraction of sp³-hybridized carbons (Fsp3) is 0.429. The lowest BCUT2D eigenvalue weighted by Gasteiger charge is -2.28. The maximum atomic E-state index is 11.4. The highest BCUT2D eigenvalue weighted by molar-refractivity contribution is 5.58. The zero-order valence-corrected chi connectivity index (χ0v) is 29.7. The molecule has 3 N–H and O–H groups in total. The minimum absolute atomic E-state index is 0.0151.